The quantitative estimate of drug-likeness (QED) is 0.780. The highest BCUT2D eigenvalue weighted by Crippen LogP contribution is 2.32. The Kier molecular flexibility index (Phi) is 3.44. The minimum absolute atomic E-state index is 0.0456. The molecule has 88 valence electrons. The van der Waals surface area contributed by atoms with Crippen LogP contribution in [0.25, 0.3) is 0 Å². The summed E-state index contributed by atoms with van der Waals surface area (Å²) in [6.45, 7) is 0. The summed E-state index contributed by atoms with van der Waals surface area (Å²) in [5, 5.41) is 1.87. The fourth-order valence-corrected chi connectivity index (χ4v) is 2.28. The van der Waals surface area contributed by atoms with Gasteiger partial charge in [0, 0.05) is 0 Å². The van der Waals surface area contributed by atoms with E-state index in [2.05, 4.69) is 0 Å². The molecular formula is C13H12O3S. The van der Waals surface area contributed by atoms with Crippen LogP contribution >= 0.6 is 11.3 Å². The van der Waals surface area contributed by atoms with Gasteiger partial charge in [-0.25, -0.2) is 0 Å². The van der Waals surface area contributed by atoms with Gasteiger partial charge in [-0.1, -0.05) is 12.1 Å². The minimum atomic E-state index is -0.0456. The van der Waals surface area contributed by atoms with Crippen LogP contribution in [0.5, 0.6) is 11.5 Å². The molecule has 0 saturated carbocycles. The predicted octanol–water partition coefficient (Wildman–Crippen LogP) is 3.00. The Morgan fingerprint density at radius 2 is 1.94 bits per heavy atom. The SMILES string of the molecule is COc1cccc(C(=O)c2cccs2)c1OC. The van der Waals surface area contributed by atoms with E-state index in [1.807, 2.05) is 11.4 Å². The molecule has 0 aliphatic rings. The highest BCUT2D eigenvalue weighted by atomic mass is 32.1. The highest BCUT2D eigenvalue weighted by molar-refractivity contribution is 7.12. The molecule has 0 fully saturated rings. The monoisotopic (exact) mass is 248 g/mol. The van der Waals surface area contributed by atoms with E-state index in [4.69, 9.17) is 9.47 Å². The molecule has 0 amide bonds. The molecule has 0 unspecified atom stereocenters. The van der Waals surface area contributed by atoms with Crippen molar-refractivity contribution in [1.29, 1.82) is 0 Å². The molecule has 4 heteroatoms. The first kappa shape index (κ1) is 11.7. The number of carbonyl (C=O) groups excluding carboxylic acids is 1. The molecule has 0 atom stereocenters. The average Bonchev–Trinajstić information content (AvgIpc) is 2.90. The third-order valence-electron chi connectivity index (χ3n) is 2.39. The number of ketones is 1. The van der Waals surface area contributed by atoms with E-state index in [0.29, 0.717) is 21.9 Å². The first-order chi connectivity index (χ1) is 8.27. The van der Waals surface area contributed by atoms with E-state index in [9.17, 15) is 4.79 Å². The molecular weight excluding hydrogens is 236 g/mol. The number of thiophene rings is 1. The van der Waals surface area contributed by atoms with Crippen LogP contribution in [0, 0.1) is 0 Å². The van der Waals surface area contributed by atoms with E-state index in [-0.39, 0.29) is 5.78 Å². The van der Waals surface area contributed by atoms with Crippen molar-refractivity contribution >= 4 is 17.1 Å². The van der Waals surface area contributed by atoms with E-state index in [1.165, 1.54) is 18.4 Å². The zero-order chi connectivity index (χ0) is 12.3. The van der Waals surface area contributed by atoms with Crippen LogP contribution < -0.4 is 9.47 Å². The average molecular weight is 248 g/mol. The Labute approximate surface area is 104 Å². The largest absolute Gasteiger partial charge is 0.493 e. The molecule has 1 aromatic carbocycles. The topological polar surface area (TPSA) is 35.5 Å². The van der Waals surface area contributed by atoms with Crippen molar-refractivity contribution in [3.05, 3.63) is 46.2 Å². The molecule has 1 heterocycles. The van der Waals surface area contributed by atoms with Gasteiger partial charge < -0.3 is 9.47 Å². The second-order valence-corrected chi connectivity index (χ2v) is 4.30. The summed E-state index contributed by atoms with van der Waals surface area (Å²) in [6.07, 6.45) is 0. The summed E-state index contributed by atoms with van der Waals surface area (Å²) >= 11 is 1.41. The molecule has 2 aromatic rings. The minimum Gasteiger partial charge on any atom is -0.493 e. The molecule has 0 aliphatic heterocycles. The Morgan fingerprint density at radius 3 is 2.53 bits per heavy atom. The number of para-hydroxylation sites is 1. The molecule has 0 radical (unpaired) electrons. The summed E-state index contributed by atoms with van der Waals surface area (Å²) in [7, 11) is 3.08. The highest BCUT2D eigenvalue weighted by Gasteiger charge is 2.18. The maximum absolute atomic E-state index is 12.2. The number of rotatable bonds is 4. The summed E-state index contributed by atoms with van der Waals surface area (Å²) in [6, 6.07) is 8.94. The van der Waals surface area contributed by atoms with Crippen LogP contribution in [0.1, 0.15) is 15.2 Å². The van der Waals surface area contributed by atoms with Crippen molar-refractivity contribution in [2.24, 2.45) is 0 Å². The fraction of sp³-hybridized carbons (Fsp3) is 0.154. The van der Waals surface area contributed by atoms with Crippen LogP contribution in [-0.4, -0.2) is 20.0 Å². The van der Waals surface area contributed by atoms with Gasteiger partial charge >= 0.3 is 0 Å². The molecule has 0 bridgehead atoms. The van der Waals surface area contributed by atoms with Gasteiger partial charge in [-0.05, 0) is 23.6 Å². The lowest BCUT2D eigenvalue weighted by molar-refractivity contribution is 0.103. The maximum Gasteiger partial charge on any atom is 0.206 e. The van der Waals surface area contributed by atoms with Gasteiger partial charge in [0.25, 0.3) is 0 Å². The number of hydrogen-bond donors (Lipinski definition) is 0. The molecule has 0 N–H and O–H groups in total. The second kappa shape index (κ2) is 5.01. The van der Waals surface area contributed by atoms with Crippen LogP contribution in [-0.2, 0) is 0 Å². The number of methoxy groups -OCH3 is 2. The van der Waals surface area contributed by atoms with Gasteiger partial charge in [0.15, 0.2) is 11.5 Å². The molecule has 0 saturated heterocycles. The lowest BCUT2D eigenvalue weighted by atomic mass is 10.1. The van der Waals surface area contributed by atoms with Gasteiger partial charge in [0.1, 0.15) is 0 Å². The molecule has 0 spiro atoms. The third kappa shape index (κ3) is 2.17. The number of carbonyl (C=O) groups is 1. The third-order valence-corrected chi connectivity index (χ3v) is 3.26. The number of hydrogen-bond acceptors (Lipinski definition) is 4. The van der Waals surface area contributed by atoms with Crippen molar-refractivity contribution in [2.45, 2.75) is 0 Å². The lowest BCUT2D eigenvalue weighted by Crippen LogP contribution is -2.03. The van der Waals surface area contributed by atoms with Gasteiger partial charge in [0.05, 0.1) is 24.7 Å². The zero-order valence-electron chi connectivity index (χ0n) is 9.60. The molecule has 3 nitrogen and oxygen atoms in total. The van der Waals surface area contributed by atoms with Crippen LogP contribution in [0.15, 0.2) is 35.7 Å². The Morgan fingerprint density at radius 1 is 1.12 bits per heavy atom. The van der Waals surface area contributed by atoms with Crippen LogP contribution in [0.2, 0.25) is 0 Å². The molecule has 2 rings (SSSR count). The van der Waals surface area contributed by atoms with Gasteiger partial charge in [-0.15, -0.1) is 11.3 Å². The Bertz CT molecular complexity index is 517. The second-order valence-electron chi connectivity index (χ2n) is 3.35. The summed E-state index contributed by atoms with van der Waals surface area (Å²) in [5.41, 5.74) is 0.523. The van der Waals surface area contributed by atoms with Gasteiger partial charge in [-0.3, -0.25) is 4.79 Å². The van der Waals surface area contributed by atoms with Crippen molar-refractivity contribution in [2.75, 3.05) is 14.2 Å². The van der Waals surface area contributed by atoms with E-state index >= 15 is 0 Å². The molecule has 0 aliphatic carbocycles. The van der Waals surface area contributed by atoms with Crippen LogP contribution in [0.4, 0.5) is 0 Å². The summed E-state index contributed by atoms with van der Waals surface area (Å²) in [5.74, 6) is 0.999. The smallest absolute Gasteiger partial charge is 0.206 e. The number of ether oxygens (including phenoxy) is 2. The van der Waals surface area contributed by atoms with Crippen molar-refractivity contribution in [3.63, 3.8) is 0 Å². The first-order valence-electron chi connectivity index (χ1n) is 5.07. The molecule has 1 aromatic heterocycles. The normalized spacial score (nSPS) is 10.0. The van der Waals surface area contributed by atoms with E-state index in [0.717, 1.165) is 0 Å². The zero-order valence-corrected chi connectivity index (χ0v) is 10.4. The van der Waals surface area contributed by atoms with Gasteiger partial charge in [-0.2, -0.15) is 0 Å². The predicted molar refractivity (Wildman–Crippen MR) is 67.3 cm³/mol. The Balaban J connectivity index is 2.48. The van der Waals surface area contributed by atoms with Crippen molar-refractivity contribution in [3.8, 4) is 11.5 Å². The van der Waals surface area contributed by atoms with Crippen molar-refractivity contribution < 1.29 is 14.3 Å². The van der Waals surface area contributed by atoms with Gasteiger partial charge in [0.2, 0.25) is 5.78 Å². The fourth-order valence-electron chi connectivity index (χ4n) is 1.61. The standard InChI is InChI=1S/C13H12O3S/c1-15-10-6-3-5-9(13(10)16-2)12(14)11-7-4-8-17-11/h3-8H,1-2H3. The maximum atomic E-state index is 12.2. The Hall–Kier alpha value is -1.81. The van der Waals surface area contributed by atoms with E-state index < -0.39 is 0 Å². The first-order valence-corrected chi connectivity index (χ1v) is 5.95. The van der Waals surface area contributed by atoms with Crippen LogP contribution in [0.3, 0.4) is 0 Å². The number of benzene rings is 1. The lowest BCUT2D eigenvalue weighted by Gasteiger charge is -2.10. The van der Waals surface area contributed by atoms with Crippen molar-refractivity contribution in [1.82, 2.24) is 0 Å². The van der Waals surface area contributed by atoms with E-state index in [1.54, 1.807) is 31.4 Å². The summed E-state index contributed by atoms with van der Waals surface area (Å²) < 4.78 is 10.4. The summed E-state index contributed by atoms with van der Waals surface area (Å²) in [4.78, 5) is 12.9. The molecule has 17 heavy (non-hydrogen) atoms.